The van der Waals surface area contributed by atoms with E-state index < -0.39 is 5.97 Å². The highest BCUT2D eigenvalue weighted by atomic mass is 16.4. The average Bonchev–Trinajstić information content (AvgIpc) is 2.14. The first-order valence-electron chi connectivity index (χ1n) is 5.68. The first-order valence-corrected chi connectivity index (χ1v) is 5.68. The van der Waals surface area contributed by atoms with E-state index >= 15 is 0 Å². The van der Waals surface area contributed by atoms with Crippen molar-refractivity contribution in [3.05, 3.63) is 0 Å². The van der Waals surface area contributed by atoms with E-state index in [-0.39, 0.29) is 24.4 Å². The van der Waals surface area contributed by atoms with Crippen LogP contribution in [0.5, 0.6) is 0 Å². The maximum atomic E-state index is 11.4. The Morgan fingerprint density at radius 1 is 1.25 bits per heavy atom. The second kappa shape index (κ2) is 8.10. The van der Waals surface area contributed by atoms with Crippen LogP contribution in [0.1, 0.15) is 46.0 Å². The third-order valence-electron chi connectivity index (χ3n) is 2.26. The number of rotatable bonds is 8. The summed E-state index contributed by atoms with van der Waals surface area (Å²) in [4.78, 5) is 21.7. The molecular weight excluding hydrogens is 208 g/mol. The van der Waals surface area contributed by atoms with Gasteiger partial charge in [-0.15, -0.1) is 0 Å². The van der Waals surface area contributed by atoms with E-state index in [1.165, 1.54) is 0 Å². The fourth-order valence-electron chi connectivity index (χ4n) is 1.34. The average molecular weight is 230 g/mol. The lowest BCUT2D eigenvalue weighted by Crippen LogP contribution is -2.32. The molecule has 0 aromatic rings. The van der Waals surface area contributed by atoms with Crippen LogP contribution in [-0.2, 0) is 9.59 Å². The topological polar surface area (TPSA) is 92.4 Å². The smallest absolute Gasteiger partial charge is 0.303 e. The molecule has 0 saturated heterocycles. The van der Waals surface area contributed by atoms with Crippen LogP contribution < -0.4 is 11.1 Å². The molecule has 0 bridgehead atoms. The van der Waals surface area contributed by atoms with Crippen LogP contribution in [0.3, 0.4) is 0 Å². The maximum absolute atomic E-state index is 11.4. The third kappa shape index (κ3) is 9.45. The van der Waals surface area contributed by atoms with Gasteiger partial charge in [0, 0.05) is 24.9 Å². The summed E-state index contributed by atoms with van der Waals surface area (Å²) in [6.45, 7) is 3.72. The summed E-state index contributed by atoms with van der Waals surface area (Å²) >= 11 is 0. The lowest BCUT2D eigenvalue weighted by molar-refractivity contribution is -0.137. The molecule has 2 atom stereocenters. The van der Waals surface area contributed by atoms with Gasteiger partial charge in [0.2, 0.25) is 5.91 Å². The van der Waals surface area contributed by atoms with Gasteiger partial charge in [0.05, 0.1) is 0 Å². The van der Waals surface area contributed by atoms with Gasteiger partial charge in [0.15, 0.2) is 0 Å². The summed E-state index contributed by atoms with van der Waals surface area (Å²) in [5, 5.41) is 11.2. The molecule has 0 fully saturated rings. The molecule has 0 aliphatic heterocycles. The fourth-order valence-corrected chi connectivity index (χ4v) is 1.34. The molecule has 0 aromatic heterocycles. The Labute approximate surface area is 96.4 Å². The molecule has 0 aliphatic carbocycles. The second-order valence-corrected chi connectivity index (χ2v) is 4.27. The van der Waals surface area contributed by atoms with Crippen molar-refractivity contribution in [2.75, 3.05) is 0 Å². The predicted molar refractivity (Wildman–Crippen MR) is 62.0 cm³/mol. The van der Waals surface area contributed by atoms with Crippen LogP contribution in [0, 0.1) is 0 Å². The van der Waals surface area contributed by atoms with Gasteiger partial charge in [0.25, 0.3) is 0 Å². The highest BCUT2D eigenvalue weighted by molar-refractivity contribution is 5.76. The first-order chi connectivity index (χ1) is 7.41. The Balaban J connectivity index is 3.58. The van der Waals surface area contributed by atoms with E-state index in [1.54, 1.807) is 0 Å². The predicted octanol–water partition coefficient (Wildman–Crippen LogP) is 0.873. The molecule has 0 rings (SSSR count). The zero-order valence-electron chi connectivity index (χ0n) is 10.0. The normalized spacial score (nSPS) is 14.2. The van der Waals surface area contributed by atoms with Crippen molar-refractivity contribution in [3.63, 3.8) is 0 Å². The third-order valence-corrected chi connectivity index (χ3v) is 2.26. The molecule has 5 heteroatoms. The summed E-state index contributed by atoms with van der Waals surface area (Å²) in [5.41, 5.74) is 5.56. The van der Waals surface area contributed by atoms with Crippen LogP contribution >= 0.6 is 0 Å². The van der Waals surface area contributed by atoms with Gasteiger partial charge in [-0.05, 0) is 33.1 Å². The standard InChI is InChI=1S/C11H22N2O3/c1-8(12)4-3-5-10(14)13-9(2)6-7-11(15)16/h8-9H,3-7,12H2,1-2H3,(H,13,14)(H,15,16). The van der Waals surface area contributed by atoms with Crippen molar-refractivity contribution >= 4 is 11.9 Å². The molecule has 1 amide bonds. The highest BCUT2D eigenvalue weighted by Crippen LogP contribution is 2.01. The molecule has 5 nitrogen and oxygen atoms in total. The monoisotopic (exact) mass is 230 g/mol. The molecule has 0 aromatic carbocycles. The molecule has 4 N–H and O–H groups in total. The van der Waals surface area contributed by atoms with Gasteiger partial charge in [-0.25, -0.2) is 0 Å². The van der Waals surface area contributed by atoms with Crippen molar-refractivity contribution in [2.45, 2.75) is 58.0 Å². The Kier molecular flexibility index (Phi) is 7.54. The van der Waals surface area contributed by atoms with E-state index in [9.17, 15) is 9.59 Å². The summed E-state index contributed by atoms with van der Waals surface area (Å²) in [7, 11) is 0. The van der Waals surface area contributed by atoms with Gasteiger partial charge in [0.1, 0.15) is 0 Å². The van der Waals surface area contributed by atoms with Crippen LogP contribution in [0.4, 0.5) is 0 Å². The number of amides is 1. The first kappa shape index (κ1) is 14.9. The van der Waals surface area contributed by atoms with Crippen LogP contribution in [0.2, 0.25) is 0 Å². The number of aliphatic carboxylic acids is 1. The van der Waals surface area contributed by atoms with E-state index in [1.807, 2.05) is 13.8 Å². The Hall–Kier alpha value is -1.10. The summed E-state index contributed by atoms with van der Waals surface area (Å²) in [6.07, 6.45) is 2.61. The van der Waals surface area contributed by atoms with E-state index in [0.29, 0.717) is 12.8 Å². The lowest BCUT2D eigenvalue weighted by Gasteiger charge is -2.12. The summed E-state index contributed by atoms with van der Waals surface area (Å²) in [5.74, 6) is -0.864. The largest absolute Gasteiger partial charge is 0.481 e. The number of carbonyl (C=O) groups excluding carboxylic acids is 1. The number of carbonyl (C=O) groups is 2. The molecule has 0 aliphatic rings. The molecule has 2 unspecified atom stereocenters. The van der Waals surface area contributed by atoms with Crippen molar-refractivity contribution in [3.8, 4) is 0 Å². The number of nitrogens with two attached hydrogens (primary N) is 1. The number of nitrogens with one attached hydrogen (secondary N) is 1. The van der Waals surface area contributed by atoms with Gasteiger partial charge in [-0.3, -0.25) is 9.59 Å². The minimum Gasteiger partial charge on any atom is -0.481 e. The van der Waals surface area contributed by atoms with Gasteiger partial charge in [-0.2, -0.15) is 0 Å². The van der Waals surface area contributed by atoms with Crippen LogP contribution in [-0.4, -0.2) is 29.1 Å². The minimum atomic E-state index is -0.835. The zero-order chi connectivity index (χ0) is 12.6. The molecule has 0 spiro atoms. The van der Waals surface area contributed by atoms with Gasteiger partial charge >= 0.3 is 5.97 Å². The molecular formula is C11H22N2O3. The van der Waals surface area contributed by atoms with Gasteiger partial charge in [-0.1, -0.05) is 0 Å². The SMILES string of the molecule is CC(N)CCCC(=O)NC(C)CCC(=O)O. The Bertz CT molecular complexity index is 229. The molecule has 16 heavy (non-hydrogen) atoms. The molecule has 0 radical (unpaired) electrons. The molecule has 0 heterocycles. The number of hydrogen-bond acceptors (Lipinski definition) is 3. The van der Waals surface area contributed by atoms with Crippen LogP contribution in [0.25, 0.3) is 0 Å². The van der Waals surface area contributed by atoms with E-state index in [4.69, 9.17) is 10.8 Å². The summed E-state index contributed by atoms with van der Waals surface area (Å²) in [6, 6.07) is 0.0381. The van der Waals surface area contributed by atoms with Crippen LogP contribution in [0.15, 0.2) is 0 Å². The van der Waals surface area contributed by atoms with E-state index in [2.05, 4.69) is 5.32 Å². The molecule has 0 saturated carbocycles. The zero-order valence-corrected chi connectivity index (χ0v) is 10.0. The second-order valence-electron chi connectivity index (χ2n) is 4.27. The minimum absolute atomic E-state index is 0.0291. The number of carboxylic acid groups (broad SMARTS) is 1. The Morgan fingerprint density at radius 2 is 1.88 bits per heavy atom. The van der Waals surface area contributed by atoms with Crippen molar-refractivity contribution in [1.82, 2.24) is 5.32 Å². The number of carboxylic acids is 1. The number of hydrogen-bond donors (Lipinski definition) is 3. The van der Waals surface area contributed by atoms with Gasteiger partial charge < -0.3 is 16.2 Å². The quantitative estimate of drug-likeness (QED) is 0.577. The van der Waals surface area contributed by atoms with Crippen molar-refractivity contribution in [2.24, 2.45) is 5.73 Å². The molecule has 94 valence electrons. The Morgan fingerprint density at radius 3 is 2.38 bits per heavy atom. The lowest BCUT2D eigenvalue weighted by atomic mass is 10.1. The highest BCUT2D eigenvalue weighted by Gasteiger charge is 2.09. The summed E-state index contributed by atoms with van der Waals surface area (Å²) < 4.78 is 0. The van der Waals surface area contributed by atoms with Crippen molar-refractivity contribution in [1.29, 1.82) is 0 Å². The fraction of sp³-hybridized carbons (Fsp3) is 0.818. The van der Waals surface area contributed by atoms with Crippen molar-refractivity contribution < 1.29 is 14.7 Å². The van der Waals surface area contributed by atoms with E-state index in [0.717, 1.165) is 12.8 Å². The maximum Gasteiger partial charge on any atom is 0.303 e.